The van der Waals surface area contributed by atoms with Crippen LogP contribution in [0.1, 0.15) is 0 Å². The van der Waals surface area contributed by atoms with Crippen molar-refractivity contribution in [1.82, 2.24) is 14.5 Å². The highest BCUT2D eigenvalue weighted by Crippen LogP contribution is 1.83. The maximum atomic E-state index is 11.0. The fourth-order valence-corrected chi connectivity index (χ4v) is 1.04. The van der Waals surface area contributed by atoms with Crippen LogP contribution in [0.2, 0.25) is 0 Å². The predicted molar refractivity (Wildman–Crippen MR) is 54.4 cm³/mol. The summed E-state index contributed by atoms with van der Waals surface area (Å²) in [5, 5.41) is 0. The van der Waals surface area contributed by atoms with E-state index in [0.717, 1.165) is 6.54 Å². The number of hydrogen-bond acceptors (Lipinski definition) is 3. The molecule has 5 heteroatoms. The molecule has 0 spiro atoms. The molecular weight excluding hydrogens is 182 g/mol. The van der Waals surface area contributed by atoms with Gasteiger partial charge in [-0.2, -0.15) is 0 Å². The van der Waals surface area contributed by atoms with Crippen LogP contribution < -0.4 is 5.69 Å². The highest BCUT2D eigenvalue weighted by Gasteiger charge is 1.95. The van der Waals surface area contributed by atoms with Gasteiger partial charge in [0.05, 0.1) is 19.8 Å². The molecule has 1 N–H and O–H groups in total. The molecule has 1 aromatic rings. The van der Waals surface area contributed by atoms with E-state index in [1.54, 1.807) is 17.0 Å². The molecular formula is C9H17N3O2. The monoisotopic (exact) mass is 199 g/mol. The molecule has 0 radical (unpaired) electrons. The van der Waals surface area contributed by atoms with Gasteiger partial charge in [0, 0.05) is 18.9 Å². The van der Waals surface area contributed by atoms with Crippen molar-refractivity contribution in [2.24, 2.45) is 0 Å². The van der Waals surface area contributed by atoms with Gasteiger partial charge in [-0.1, -0.05) is 0 Å². The second-order valence-electron chi connectivity index (χ2n) is 3.37. The molecule has 0 fully saturated rings. The Balaban J connectivity index is 2.11. The van der Waals surface area contributed by atoms with Crippen LogP contribution in [0.5, 0.6) is 0 Å². The molecule has 5 nitrogen and oxygen atoms in total. The Morgan fingerprint density at radius 1 is 1.50 bits per heavy atom. The van der Waals surface area contributed by atoms with Crippen LogP contribution >= 0.6 is 0 Å². The number of nitrogens with zero attached hydrogens (tertiary/aromatic N) is 2. The molecule has 0 saturated heterocycles. The van der Waals surface area contributed by atoms with Crippen LogP contribution in [-0.4, -0.2) is 48.3 Å². The van der Waals surface area contributed by atoms with Crippen molar-refractivity contribution in [2.45, 2.75) is 6.54 Å². The molecule has 80 valence electrons. The van der Waals surface area contributed by atoms with Crippen LogP contribution in [0, 0.1) is 0 Å². The van der Waals surface area contributed by atoms with E-state index in [9.17, 15) is 4.79 Å². The number of hydrogen-bond donors (Lipinski definition) is 1. The SMILES string of the molecule is CN(C)CCOCCn1cc[nH]c1=O. The van der Waals surface area contributed by atoms with E-state index in [4.69, 9.17) is 4.74 Å². The van der Waals surface area contributed by atoms with Gasteiger partial charge in [0.1, 0.15) is 0 Å². The molecule has 0 unspecified atom stereocenters. The number of imidazole rings is 1. The lowest BCUT2D eigenvalue weighted by Gasteiger charge is -2.09. The number of rotatable bonds is 6. The maximum Gasteiger partial charge on any atom is 0.325 e. The van der Waals surface area contributed by atoms with Crippen molar-refractivity contribution >= 4 is 0 Å². The van der Waals surface area contributed by atoms with Crippen LogP contribution in [-0.2, 0) is 11.3 Å². The standard InChI is InChI=1S/C9H17N3O2/c1-11(2)5-7-14-8-6-12-4-3-10-9(12)13/h3-4H,5-8H2,1-2H3,(H,10,13). The quantitative estimate of drug-likeness (QED) is 0.643. The molecule has 1 heterocycles. The number of aromatic amines is 1. The minimum Gasteiger partial charge on any atom is -0.378 e. The highest BCUT2D eigenvalue weighted by molar-refractivity contribution is 4.75. The minimum atomic E-state index is -0.0822. The smallest absolute Gasteiger partial charge is 0.325 e. The van der Waals surface area contributed by atoms with Gasteiger partial charge < -0.3 is 14.6 Å². The lowest BCUT2D eigenvalue weighted by atomic mass is 10.6. The first-order valence-electron chi connectivity index (χ1n) is 4.66. The van der Waals surface area contributed by atoms with E-state index in [1.807, 2.05) is 14.1 Å². The van der Waals surface area contributed by atoms with Gasteiger partial charge in [-0.05, 0) is 14.1 Å². The molecule has 0 aliphatic rings. The number of ether oxygens (including phenoxy) is 1. The third-order valence-electron chi connectivity index (χ3n) is 1.88. The summed E-state index contributed by atoms with van der Waals surface area (Å²) in [7, 11) is 4.00. The summed E-state index contributed by atoms with van der Waals surface area (Å²) in [5.74, 6) is 0. The second kappa shape index (κ2) is 5.62. The topological polar surface area (TPSA) is 50.3 Å². The average molecular weight is 199 g/mol. The van der Waals surface area contributed by atoms with Gasteiger partial charge in [0.25, 0.3) is 0 Å². The summed E-state index contributed by atoms with van der Waals surface area (Å²) < 4.78 is 6.95. The Kier molecular flexibility index (Phi) is 4.42. The number of nitrogens with one attached hydrogen (secondary N) is 1. The molecule has 0 aliphatic heterocycles. The third kappa shape index (κ3) is 3.76. The van der Waals surface area contributed by atoms with Gasteiger partial charge in [-0.3, -0.25) is 4.57 Å². The Labute approximate surface area is 83.3 Å². The maximum absolute atomic E-state index is 11.0. The summed E-state index contributed by atoms with van der Waals surface area (Å²) in [4.78, 5) is 15.7. The molecule has 0 aromatic carbocycles. The van der Waals surface area contributed by atoms with E-state index >= 15 is 0 Å². The van der Waals surface area contributed by atoms with Crippen LogP contribution in [0.3, 0.4) is 0 Å². The van der Waals surface area contributed by atoms with Gasteiger partial charge in [0.2, 0.25) is 0 Å². The minimum absolute atomic E-state index is 0.0822. The van der Waals surface area contributed by atoms with Gasteiger partial charge >= 0.3 is 5.69 Å². The largest absolute Gasteiger partial charge is 0.378 e. The molecule has 0 atom stereocenters. The predicted octanol–water partition coefficient (Wildman–Crippen LogP) is -0.245. The molecule has 0 amide bonds. The van der Waals surface area contributed by atoms with E-state index in [2.05, 4.69) is 9.88 Å². The summed E-state index contributed by atoms with van der Waals surface area (Å²) in [6, 6.07) is 0. The summed E-state index contributed by atoms with van der Waals surface area (Å²) in [6.45, 7) is 2.79. The molecule has 14 heavy (non-hydrogen) atoms. The third-order valence-corrected chi connectivity index (χ3v) is 1.88. The van der Waals surface area contributed by atoms with Crippen LogP contribution in [0.25, 0.3) is 0 Å². The second-order valence-corrected chi connectivity index (χ2v) is 3.37. The van der Waals surface area contributed by atoms with Crippen molar-refractivity contribution in [3.63, 3.8) is 0 Å². The zero-order chi connectivity index (χ0) is 10.4. The Morgan fingerprint density at radius 2 is 2.29 bits per heavy atom. The summed E-state index contributed by atoms with van der Waals surface area (Å²) in [6.07, 6.45) is 3.35. The fourth-order valence-electron chi connectivity index (χ4n) is 1.04. The van der Waals surface area contributed by atoms with Crippen LogP contribution in [0.15, 0.2) is 17.2 Å². The molecule has 1 aromatic heterocycles. The first-order valence-corrected chi connectivity index (χ1v) is 4.66. The molecule has 0 aliphatic carbocycles. The Bertz CT molecular complexity index is 303. The van der Waals surface area contributed by atoms with Crippen LogP contribution in [0.4, 0.5) is 0 Å². The van der Waals surface area contributed by atoms with Gasteiger partial charge in [-0.15, -0.1) is 0 Å². The Hall–Kier alpha value is -1.07. The average Bonchev–Trinajstić information content (AvgIpc) is 2.51. The van der Waals surface area contributed by atoms with Crippen molar-refractivity contribution in [2.75, 3.05) is 33.9 Å². The zero-order valence-electron chi connectivity index (χ0n) is 8.69. The van der Waals surface area contributed by atoms with E-state index in [-0.39, 0.29) is 5.69 Å². The first-order chi connectivity index (χ1) is 6.70. The normalized spacial score (nSPS) is 11.1. The number of likely N-dealkylation sites (N-methyl/N-ethyl adjacent to an activating group) is 1. The molecule has 0 saturated carbocycles. The molecule has 1 rings (SSSR count). The number of aromatic nitrogens is 2. The first kappa shape index (κ1) is 11.0. The van der Waals surface area contributed by atoms with E-state index < -0.39 is 0 Å². The lowest BCUT2D eigenvalue weighted by Crippen LogP contribution is -2.22. The summed E-state index contributed by atoms with van der Waals surface area (Å²) in [5.41, 5.74) is -0.0822. The van der Waals surface area contributed by atoms with Gasteiger partial charge in [0.15, 0.2) is 0 Å². The van der Waals surface area contributed by atoms with E-state index in [0.29, 0.717) is 19.8 Å². The van der Waals surface area contributed by atoms with Crippen molar-refractivity contribution < 1.29 is 4.74 Å². The fraction of sp³-hybridized carbons (Fsp3) is 0.667. The van der Waals surface area contributed by atoms with Crippen molar-refractivity contribution in [3.8, 4) is 0 Å². The zero-order valence-corrected chi connectivity index (χ0v) is 8.69. The summed E-state index contributed by atoms with van der Waals surface area (Å²) >= 11 is 0. The van der Waals surface area contributed by atoms with Crippen molar-refractivity contribution in [1.29, 1.82) is 0 Å². The molecule has 0 bridgehead atoms. The lowest BCUT2D eigenvalue weighted by molar-refractivity contribution is 0.110. The van der Waals surface area contributed by atoms with Gasteiger partial charge in [-0.25, -0.2) is 4.79 Å². The van der Waals surface area contributed by atoms with E-state index in [1.165, 1.54) is 0 Å². The highest BCUT2D eigenvalue weighted by atomic mass is 16.5. The Morgan fingerprint density at radius 3 is 2.86 bits per heavy atom. The van der Waals surface area contributed by atoms with Crippen molar-refractivity contribution in [3.05, 3.63) is 22.9 Å². The number of H-pyrrole nitrogens is 1.